The van der Waals surface area contributed by atoms with Crippen molar-refractivity contribution in [2.75, 3.05) is 18.5 Å². The minimum atomic E-state index is -0.932. The van der Waals surface area contributed by atoms with Crippen molar-refractivity contribution in [1.29, 1.82) is 0 Å². The van der Waals surface area contributed by atoms with E-state index in [1.807, 2.05) is 29.8 Å². The second kappa shape index (κ2) is 7.95. The second-order valence-corrected chi connectivity index (χ2v) is 6.78. The van der Waals surface area contributed by atoms with Crippen LogP contribution in [0.25, 0.3) is 0 Å². The van der Waals surface area contributed by atoms with Crippen LogP contribution in [0.2, 0.25) is 0 Å². The zero-order valence-corrected chi connectivity index (χ0v) is 15.9. The fraction of sp³-hybridized carbons (Fsp3) is 0.227. The monoisotopic (exact) mass is 397 g/mol. The Bertz CT molecular complexity index is 1020. The highest BCUT2D eigenvalue weighted by Crippen LogP contribution is 2.33. The fourth-order valence-electron chi connectivity index (χ4n) is 3.63. The Kier molecular flexibility index (Phi) is 5.20. The number of anilines is 1. The van der Waals surface area contributed by atoms with Crippen molar-refractivity contribution >= 4 is 11.7 Å². The van der Waals surface area contributed by atoms with Gasteiger partial charge in [-0.1, -0.05) is 6.07 Å². The van der Waals surface area contributed by atoms with E-state index in [9.17, 15) is 13.6 Å². The van der Waals surface area contributed by atoms with Gasteiger partial charge in [-0.15, -0.1) is 0 Å². The molecule has 0 bridgehead atoms. The molecule has 3 aromatic rings. The summed E-state index contributed by atoms with van der Waals surface area (Å²) in [6.07, 6.45) is 1.92. The number of benzene rings is 2. The van der Waals surface area contributed by atoms with Gasteiger partial charge in [0.25, 0.3) is 0 Å². The quantitative estimate of drug-likeness (QED) is 0.687. The summed E-state index contributed by atoms with van der Waals surface area (Å²) in [4.78, 5) is 14.7. The minimum Gasteiger partial charge on any atom is -0.494 e. The molecular weight excluding hydrogens is 376 g/mol. The number of carbonyl (C=O) groups excluding carboxylic acids is 1. The fourth-order valence-corrected chi connectivity index (χ4v) is 3.63. The van der Waals surface area contributed by atoms with Crippen molar-refractivity contribution in [1.82, 2.24) is 9.47 Å². The Hall–Kier alpha value is -3.35. The summed E-state index contributed by atoms with van der Waals surface area (Å²) in [5.74, 6) is -1.12. The summed E-state index contributed by atoms with van der Waals surface area (Å²) in [5, 5.41) is 2.88. The van der Waals surface area contributed by atoms with E-state index in [0.29, 0.717) is 30.9 Å². The molecule has 150 valence electrons. The standard InChI is InChI=1S/C22H21F2N3O2/c1-2-29-17-8-6-16(7-9-17)25-22(28)27-13-12-26-11-3-4-20(26)21(27)15-5-10-18(23)19(24)14-15/h3-11,14,21H,2,12-13H2,1H3,(H,25,28)/t21-/m1/s1. The Morgan fingerprint density at radius 3 is 2.62 bits per heavy atom. The third-order valence-corrected chi connectivity index (χ3v) is 4.98. The van der Waals surface area contributed by atoms with Crippen molar-refractivity contribution < 1.29 is 18.3 Å². The number of ether oxygens (including phenoxy) is 1. The molecule has 0 spiro atoms. The molecule has 1 N–H and O–H groups in total. The van der Waals surface area contributed by atoms with Gasteiger partial charge in [0.1, 0.15) is 5.75 Å². The van der Waals surface area contributed by atoms with Crippen LogP contribution in [0.4, 0.5) is 19.3 Å². The van der Waals surface area contributed by atoms with E-state index < -0.39 is 17.7 Å². The number of nitrogens with zero attached hydrogens (tertiary/aromatic N) is 2. The highest BCUT2D eigenvalue weighted by Gasteiger charge is 2.32. The molecular formula is C22H21F2N3O2. The summed E-state index contributed by atoms with van der Waals surface area (Å²) in [6, 6.07) is 13.8. The molecule has 29 heavy (non-hydrogen) atoms. The minimum absolute atomic E-state index is 0.309. The predicted molar refractivity (Wildman–Crippen MR) is 106 cm³/mol. The molecule has 2 heterocycles. The third-order valence-electron chi connectivity index (χ3n) is 4.98. The van der Waals surface area contributed by atoms with E-state index in [1.165, 1.54) is 6.07 Å². The molecule has 0 saturated heterocycles. The van der Waals surface area contributed by atoms with Crippen molar-refractivity contribution in [2.24, 2.45) is 0 Å². The SMILES string of the molecule is CCOc1ccc(NC(=O)N2CCn3cccc3[C@H]2c2ccc(F)c(F)c2)cc1. The van der Waals surface area contributed by atoms with Gasteiger partial charge < -0.3 is 19.5 Å². The largest absolute Gasteiger partial charge is 0.494 e. The zero-order chi connectivity index (χ0) is 20.4. The zero-order valence-electron chi connectivity index (χ0n) is 15.9. The Balaban J connectivity index is 1.62. The van der Waals surface area contributed by atoms with Crippen LogP contribution in [0.15, 0.2) is 60.8 Å². The molecule has 1 aromatic heterocycles. The van der Waals surface area contributed by atoms with Gasteiger partial charge in [-0.2, -0.15) is 0 Å². The Labute approximate surface area is 167 Å². The highest BCUT2D eigenvalue weighted by molar-refractivity contribution is 5.90. The first-order valence-electron chi connectivity index (χ1n) is 9.47. The van der Waals surface area contributed by atoms with E-state index >= 15 is 0 Å². The third kappa shape index (κ3) is 3.81. The van der Waals surface area contributed by atoms with Crippen molar-refractivity contribution in [3.8, 4) is 5.75 Å². The maximum Gasteiger partial charge on any atom is 0.322 e. The number of nitrogens with one attached hydrogen (secondary N) is 1. The molecule has 1 aliphatic heterocycles. The highest BCUT2D eigenvalue weighted by atomic mass is 19.2. The number of halogens is 2. The van der Waals surface area contributed by atoms with Gasteiger partial charge >= 0.3 is 6.03 Å². The van der Waals surface area contributed by atoms with E-state index in [0.717, 1.165) is 23.6 Å². The number of aromatic nitrogens is 1. The van der Waals surface area contributed by atoms with E-state index in [-0.39, 0.29) is 6.03 Å². The number of urea groups is 1. The molecule has 5 nitrogen and oxygen atoms in total. The molecule has 2 aromatic carbocycles. The van der Waals surface area contributed by atoms with Crippen LogP contribution in [-0.2, 0) is 6.54 Å². The van der Waals surface area contributed by atoms with Gasteiger partial charge in [-0.3, -0.25) is 0 Å². The number of carbonyl (C=O) groups is 1. The van der Waals surface area contributed by atoms with Crippen LogP contribution in [0.3, 0.4) is 0 Å². The number of amides is 2. The van der Waals surface area contributed by atoms with Gasteiger partial charge in [0, 0.05) is 30.7 Å². The van der Waals surface area contributed by atoms with Gasteiger partial charge in [0.2, 0.25) is 0 Å². The molecule has 0 unspecified atom stereocenters. The first kappa shape index (κ1) is 19.0. The topological polar surface area (TPSA) is 46.5 Å². The number of fused-ring (bicyclic) bond motifs is 1. The predicted octanol–water partition coefficient (Wildman–Crippen LogP) is 4.80. The second-order valence-electron chi connectivity index (χ2n) is 6.78. The van der Waals surface area contributed by atoms with Crippen LogP contribution in [0, 0.1) is 11.6 Å². The number of rotatable bonds is 4. The van der Waals surface area contributed by atoms with Crippen LogP contribution < -0.4 is 10.1 Å². The van der Waals surface area contributed by atoms with Crippen molar-refractivity contribution in [2.45, 2.75) is 19.5 Å². The molecule has 1 aliphatic rings. The lowest BCUT2D eigenvalue weighted by atomic mass is 10.00. The average Bonchev–Trinajstić information content (AvgIpc) is 3.20. The molecule has 2 amide bonds. The van der Waals surface area contributed by atoms with Gasteiger partial charge in [0.15, 0.2) is 11.6 Å². The van der Waals surface area contributed by atoms with E-state index in [4.69, 9.17) is 4.74 Å². The molecule has 1 atom stereocenters. The first-order valence-corrected chi connectivity index (χ1v) is 9.47. The number of hydrogen-bond acceptors (Lipinski definition) is 2. The summed E-state index contributed by atoms with van der Waals surface area (Å²) in [5.41, 5.74) is 2.00. The smallest absolute Gasteiger partial charge is 0.322 e. The lowest BCUT2D eigenvalue weighted by Crippen LogP contribution is -2.44. The summed E-state index contributed by atoms with van der Waals surface area (Å²) in [7, 11) is 0. The van der Waals surface area contributed by atoms with E-state index in [1.54, 1.807) is 29.2 Å². The molecule has 0 saturated carbocycles. The van der Waals surface area contributed by atoms with Crippen molar-refractivity contribution in [3.05, 3.63) is 83.7 Å². The average molecular weight is 397 g/mol. The summed E-state index contributed by atoms with van der Waals surface area (Å²) >= 11 is 0. The summed E-state index contributed by atoms with van der Waals surface area (Å²) in [6.45, 7) is 3.53. The summed E-state index contributed by atoms with van der Waals surface area (Å²) < 4.78 is 34.8. The molecule has 7 heteroatoms. The molecule has 0 fully saturated rings. The molecule has 0 aliphatic carbocycles. The van der Waals surface area contributed by atoms with Crippen molar-refractivity contribution in [3.63, 3.8) is 0 Å². The lowest BCUT2D eigenvalue weighted by Gasteiger charge is -2.37. The van der Waals surface area contributed by atoms with E-state index in [2.05, 4.69) is 5.32 Å². The van der Waals surface area contributed by atoms with Gasteiger partial charge in [-0.25, -0.2) is 13.6 Å². The van der Waals surface area contributed by atoms with Crippen LogP contribution in [0.1, 0.15) is 24.2 Å². The first-order chi connectivity index (χ1) is 14.1. The maximum absolute atomic E-state index is 13.9. The Morgan fingerprint density at radius 2 is 1.90 bits per heavy atom. The Morgan fingerprint density at radius 1 is 1.10 bits per heavy atom. The molecule has 4 rings (SSSR count). The normalized spacial score (nSPS) is 15.7. The maximum atomic E-state index is 13.9. The van der Waals surface area contributed by atoms with Gasteiger partial charge in [-0.05, 0) is 61.0 Å². The molecule has 0 radical (unpaired) electrons. The van der Waals surface area contributed by atoms with Gasteiger partial charge in [0.05, 0.1) is 12.6 Å². The van der Waals surface area contributed by atoms with Crippen LogP contribution in [0.5, 0.6) is 5.75 Å². The van der Waals surface area contributed by atoms with Crippen LogP contribution in [-0.4, -0.2) is 28.6 Å². The number of hydrogen-bond donors (Lipinski definition) is 1. The van der Waals surface area contributed by atoms with Crippen LogP contribution >= 0.6 is 0 Å². The lowest BCUT2D eigenvalue weighted by molar-refractivity contribution is 0.181.